The average molecular weight is 487 g/mol. The van der Waals surface area contributed by atoms with Gasteiger partial charge in [0.1, 0.15) is 11.6 Å². The third-order valence-corrected chi connectivity index (χ3v) is 6.54. The number of hydrogen-bond acceptors (Lipinski definition) is 5. The normalized spacial score (nSPS) is 15.3. The standard InChI is InChI=1S/C28H27FN4O3/c1-4-18-8-6-10-23(26(18)29)36-20-13-11-19(12-14-20)27-22-16-30-17-25(35-3)33(22)28(31-27)21-9-7-15-32(21)24(34)5-2/h5-6,8,10-14,16-17,21H,2,4,7,9,15H2,1,3H3/t21-/m0/s1. The molecule has 2 aromatic carbocycles. The highest BCUT2D eigenvalue weighted by Crippen LogP contribution is 2.37. The maximum atomic E-state index is 14.6. The number of fused-ring (bicyclic) bond motifs is 1. The van der Waals surface area contributed by atoms with Crippen LogP contribution in [0.4, 0.5) is 4.39 Å². The summed E-state index contributed by atoms with van der Waals surface area (Å²) in [6.07, 6.45) is 6.96. The molecule has 0 aliphatic carbocycles. The molecule has 1 atom stereocenters. The summed E-state index contributed by atoms with van der Waals surface area (Å²) in [4.78, 5) is 23.6. The average Bonchev–Trinajstić information content (AvgIpc) is 3.55. The highest BCUT2D eigenvalue weighted by atomic mass is 19.1. The Morgan fingerprint density at radius 2 is 2.03 bits per heavy atom. The maximum Gasteiger partial charge on any atom is 0.246 e. The molecule has 0 N–H and O–H groups in total. The Morgan fingerprint density at radius 3 is 2.75 bits per heavy atom. The molecule has 184 valence electrons. The lowest BCUT2D eigenvalue weighted by Crippen LogP contribution is -2.30. The summed E-state index contributed by atoms with van der Waals surface area (Å²) in [6, 6.07) is 12.3. The number of hydrogen-bond donors (Lipinski definition) is 0. The third kappa shape index (κ3) is 4.08. The minimum absolute atomic E-state index is 0.121. The van der Waals surface area contributed by atoms with Crippen molar-refractivity contribution in [3.63, 3.8) is 0 Å². The predicted octanol–water partition coefficient (Wildman–Crippen LogP) is 5.75. The van der Waals surface area contributed by atoms with Crippen molar-refractivity contribution in [3.05, 3.63) is 84.7 Å². The summed E-state index contributed by atoms with van der Waals surface area (Å²) in [6.45, 7) is 6.20. The lowest BCUT2D eigenvalue weighted by molar-refractivity contribution is -0.127. The van der Waals surface area contributed by atoms with Crippen molar-refractivity contribution in [2.75, 3.05) is 13.7 Å². The van der Waals surface area contributed by atoms with Gasteiger partial charge in [0.05, 0.1) is 36.8 Å². The van der Waals surface area contributed by atoms with Crippen molar-refractivity contribution in [1.82, 2.24) is 19.3 Å². The van der Waals surface area contributed by atoms with Crippen LogP contribution in [0.5, 0.6) is 17.4 Å². The second-order valence-corrected chi connectivity index (χ2v) is 8.59. The molecule has 36 heavy (non-hydrogen) atoms. The summed E-state index contributed by atoms with van der Waals surface area (Å²) in [5, 5.41) is 0. The fraction of sp³-hybridized carbons (Fsp3) is 0.250. The molecule has 1 aliphatic rings. The van der Waals surface area contributed by atoms with Crippen LogP contribution in [0.1, 0.15) is 37.2 Å². The molecule has 4 aromatic rings. The van der Waals surface area contributed by atoms with Crippen molar-refractivity contribution in [3.8, 4) is 28.6 Å². The predicted molar refractivity (Wildman–Crippen MR) is 135 cm³/mol. The zero-order chi connectivity index (χ0) is 25.2. The van der Waals surface area contributed by atoms with Gasteiger partial charge < -0.3 is 14.4 Å². The Balaban J connectivity index is 1.54. The minimum atomic E-state index is -0.345. The van der Waals surface area contributed by atoms with Crippen molar-refractivity contribution in [1.29, 1.82) is 0 Å². The van der Waals surface area contributed by atoms with Crippen LogP contribution in [-0.4, -0.2) is 38.8 Å². The number of ether oxygens (including phenoxy) is 2. The van der Waals surface area contributed by atoms with Crippen LogP contribution < -0.4 is 9.47 Å². The molecule has 7 nitrogen and oxygen atoms in total. The highest BCUT2D eigenvalue weighted by Gasteiger charge is 2.33. The first kappa shape index (κ1) is 23.5. The molecule has 3 heterocycles. The number of methoxy groups -OCH3 is 1. The molecular weight excluding hydrogens is 459 g/mol. The highest BCUT2D eigenvalue weighted by molar-refractivity contribution is 5.87. The molecular formula is C28H27FN4O3. The number of halogens is 1. The topological polar surface area (TPSA) is 69.0 Å². The SMILES string of the molecule is C=CC(=O)N1CCC[C@H]1c1nc(-c2ccc(Oc3cccc(CC)c3F)cc2)c2cncc(OC)n12. The molecule has 0 saturated carbocycles. The second-order valence-electron chi connectivity index (χ2n) is 8.59. The molecule has 1 saturated heterocycles. The Kier molecular flexibility index (Phi) is 6.41. The fourth-order valence-electron chi connectivity index (χ4n) is 4.74. The summed E-state index contributed by atoms with van der Waals surface area (Å²) < 4.78 is 28.0. The Hall–Kier alpha value is -4.20. The summed E-state index contributed by atoms with van der Waals surface area (Å²) in [7, 11) is 1.58. The molecule has 0 radical (unpaired) electrons. The molecule has 1 fully saturated rings. The largest absolute Gasteiger partial charge is 0.481 e. The van der Waals surface area contributed by atoms with E-state index in [9.17, 15) is 9.18 Å². The minimum Gasteiger partial charge on any atom is -0.481 e. The summed E-state index contributed by atoms with van der Waals surface area (Å²) in [5.41, 5.74) is 2.92. The molecule has 0 spiro atoms. The van der Waals surface area contributed by atoms with E-state index in [1.165, 1.54) is 6.08 Å². The Morgan fingerprint density at radius 1 is 1.22 bits per heavy atom. The molecule has 2 aromatic heterocycles. The smallest absolute Gasteiger partial charge is 0.246 e. The van der Waals surface area contributed by atoms with Gasteiger partial charge in [-0.05, 0) is 61.2 Å². The van der Waals surface area contributed by atoms with Gasteiger partial charge in [0.25, 0.3) is 0 Å². The van der Waals surface area contributed by atoms with Crippen molar-refractivity contribution < 1.29 is 18.7 Å². The first-order valence-electron chi connectivity index (χ1n) is 11.9. The van der Waals surface area contributed by atoms with Gasteiger partial charge in [-0.25, -0.2) is 9.37 Å². The van der Waals surface area contributed by atoms with Gasteiger partial charge in [-0.3, -0.25) is 14.2 Å². The van der Waals surface area contributed by atoms with E-state index in [0.717, 1.165) is 23.9 Å². The van der Waals surface area contributed by atoms with Crippen molar-refractivity contribution >= 4 is 11.4 Å². The van der Waals surface area contributed by atoms with E-state index >= 15 is 0 Å². The molecule has 0 unspecified atom stereocenters. The molecule has 1 aliphatic heterocycles. The second kappa shape index (κ2) is 9.81. The fourth-order valence-corrected chi connectivity index (χ4v) is 4.74. The van der Waals surface area contributed by atoms with Gasteiger partial charge in [-0.1, -0.05) is 25.6 Å². The quantitative estimate of drug-likeness (QED) is 0.311. The van der Waals surface area contributed by atoms with Crippen LogP contribution in [-0.2, 0) is 11.2 Å². The van der Waals surface area contributed by atoms with Crippen LogP contribution >= 0.6 is 0 Å². The lowest BCUT2D eigenvalue weighted by Gasteiger charge is -2.22. The van der Waals surface area contributed by atoms with E-state index in [1.54, 1.807) is 54.7 Å². The number of carbonyl (C=O) groups is 1. The number of aryl methyl sites for hydroxylation is 1. The molecule has 1 amide bonds. The third-order valence-electron chi connectivity index (χ3n) is 6.54. The summed E-state index contributed by atoms with van der Waals surface area (Å²) >= 11 is 0. The zero-order valence-corrected chi connectivity index (χ0v) is 20.3. The van der Waals surface area contributed by atoms with Crippen molar-refractivity contribution in [2.24, 2.45) is 0 Å². The first-order chi connectivity index (χ1) is 17.5. The van der Waals surface area contributed by atoms with Gasteiger partial charge in [0.2, 0.25) is 11.8 Å². The number of likely N-dealkylation sites (tertiary alicyclic amines) is 1. The zero-order valence-electron chi connectivity index (χ0n) is 20.3. The van der Waals surface area contributed by atoms with Gasteiger partial charge in [-0.2, -0.15) is 0 Å². The molecule has 0 bridgehead atoms. The lowest BCUT2D eigenvalue weighted by atomic mass is 10.1. The van der Waals surface area contributed by atoms with E-state index in [1.807, 2.05) is 23.5 Å². The van der Waals surface area contributed by atoms with Crippen LogP contribution in [0.25, 0.3) is 16.8 Å². The number of aromatic nitrogens is 3. The van der Waals surface area contributed by atoms with Gasteiger partial charge >= 0.3 is 0 Å². The van der Waals surface area contributed by atoms with E-state index in [0.29, 0.717) is 41.7 Å². The number of imidazole rings is 1. The molecule has 8 heteroatoms. The van der Waals surface area contributed by atoms with Crippen LogP contribution in [0, 0.1) is 5.82 Å². The molecule has 5 rings (SSSR count). The van der Waals surface area contributed by atoms with Crippen molar-refractivity contribution in [2.45, 2.75) is 32.2 Å². The van der Waals surface area contributed by atoms with Crippen LogP contribution in [0.3, 0.4) is 0 Å². The van der Waals surface area contributed by atoms with Gasteiger partial charge in [0.15, 0.2) is 11.6 Å². The van der Waals surface area contributed by atoms with E-state index in [-0.39, 0.29) is 23.5 Å². The number of amides is 1. The number of rotatable bonds is 7. The van der Waals surface area contributed by atoms with Crippen LogP contribution in [0.2, 0.25) is 0 Å². The van der Waals surface area contributed by atoms with Gasteiger partial charge in [0, 0.05) is 12.1 Å². The van der Waals surface area contributed by atoms with E-state index < -0.39 is 0 Å². The van der Waals surface area contributed by atoms with E-state index in [2.05, 4.69) is 11.6 Å². The van der Waals surface area contributed by atoms with Crippen LogP contribution in [0.15, 0.2) is 67.5 Å². The monoisotopic (exact) mass is 486 g/mol. The number of benzene rings is 2. The summed E-state index contributed by atoms with van der Waals surface area (Å²) in [5.74, 6) is 1.49. The number of nitrogens with zero attached hydrogens (tertiary/aromatic N) is 4. The number of carbonyl (C=O) groups excluding carboxylic acids is 1. The first-order valence-corrected chi connectivity index (χ1v) is 11.9. The maximum absolute atomic E-state index is 14.6. The Bertz CT molecular complexity index is 1430. The van der Waals surface area contributed by atoms with Gasteiger partial charge in [-0.15, -0.1) is 0 Å². The Labute approximate surface area is 208 Å². The van der Waals surface area contributed by atoms with E-state index in [4.69, 9.17) is 14.5 Å².